The Morgan fingerprint density at radius 1 is 1.00 bits per heavy atom. The zero-order chi connectivity index (χ0) is 11.9. The van der Waals surface area contributed by atoms with Crippen molar-refractivity contribution in [2.75, 3.05) is 19.8 Å². The van der Waals surface area contributed by atoms with Crippen molar-refractivity contribution in [3.05, 3.63) is 0 Å². The number of hydrogen-bond acceptors (Lipinski definition) is 4. The summed E-state index contributed by atoms with van der Waals surface area (Å²) < 4.78 is 16.6. The van der Waals surface area contributed by atoms with Gasteiger partial charge in [-0.3, -0.25) is 0 Å². The van der Waals surface area contributed by atoms with Gasteiger partial charge in [0.05, 0.1) is 19.8 Å². The van der Waals surface area contributed by atoms with Crippen LogP contribution in [0.3, 0.4) is 0 Å². The van der Waals surface area contributed by atoms with Crippen LogP contribution in [0.15, 0.2) is 0 Å². The summed E-state index contributed by atoms with van der Waals surface area (Å²) >= 11 is 5.31. The van der Waals surface area contributed by atoms with Crippen LogP contribution in [0, 0.1) is 5.92 Å². The lowest BCUT2D eigenvalue weighted by Gasteiger charge is -2.25. The fourth-order valence-electron chi connectivity index (χ4n) is 1.98. The highest BCUT2D eigenvalue weighted by Crippen LogP contribution is 2.50. The van der Waals surface area contributed by atoms with Gasteiger partial charge in [0.1, 0.15) is 0 Å². The molecule has 1 aliphatic rings. The Morgan fingerprint density at radius 2 is 1.56 bits per heavy atom. The summed E-state index contributed by atoms with van der Waals surface area (Å²) in [4.78, 5) is 0. The van der Waals surface area contributed by atoms with Crippen LogP contribution >= 0.6 is 6.72 Å². The van der Waals surface area contributed by atoms with Gasteiger partial charge in [0.15, 0.2) is 0 Å². The van der Waals surface area contributed by atoms with E-state index in [1.54, 1.807) is 0 Å². The molecule has 5 heteroatoms. The van der Waals surface area contributed by atoms with Crippen molar-refractivity contribution in [1.29, 1.82) is 0 Å². The molecule has 0 bridgehead atoms. The Morgan fingerprint density at radius 3 is 2.06 bits per heavy atom. The smallest absolute Gasteiger partial charge is 0.309 e. The van der Waals surface area contributed by atoms with Gasteiger partial charge in [0, 0.05) is 0 Å². The molecule has 0 N–H and O–H groups in total. The molecule has 0 aromatic rings. The van der Waals surface area contributed by atoms with Crippen molar-refractivity contribution in [3.8, 4) is 0 Å². The van der Waals surface area contributed by atoms with E-state index in [1.807, 2.05) is 13.8 Å². The van der Waals surface area contributed by atoms with Gasteiger partial charge >= 0.3 is 6.72 Å². The molecular weight excluding hydrogens is 243 g/mol. The minimum absolute atomic E-state index is 0.557. The second-order valence-corrected chi connectivity index (χ2v) is 7.09. The van der Waals surface area contributed by atoms with Gasteiger partial charge in [-0.1, -0.05) is 19.3 Å². The first-order chi connectivity index (χ1) is 7.70. The van der Waals surface area contributed by atoms with Crippen molar-refractivity contribution >= 4 is 18.5 Å². The molecule has 0 saturated heterocycles. The lowest BCUT2D eigenvalue weighted by Crippen LogP contribution is -2.13. The molecule has 16 heavy (non-hydrogen) atoms. The van der Waals surface area contributed by atoms with Crippen LogP contribution in [-0.2, 0) is 25.4 Å². The van der Waals surface area contributed by atoms with Crippen molar-refractivity contribution in [2.45, 2.75) is 46.0 Å². The molecule has 0 aromatic heterocycles. The largest absolute Gasteiger partial charge is 0.327 e. The summed E-state index contributed by atoms with van der Waals surface area (Å²) in [6.45, 7) is 3.21. The Labute approximate surface area is 104 Å². The Kier molecular flexibility index (Phi) is 7.09. The Hall–Kier alpha value is 0.530. The van der Waals surface area contributed by atoms with E-state index in [4.69, 9.17) is 25.4 Å². The highest BCUT2D eigenvalue weighted by atomic mass is 32.5. The van der Waals surface area contributed by atoms with Gasteiger partial charge in [-0.05, 0) is 44.4 Å². The average Bonchev–Trinajstić information content (AvgIpc) is 2.29. The van der Waals surface area contributed by atoms with Crippen LogP contribution in [0.4, 0.5) is 0 Å². The maximum Gasteiger partial charge on any atom is 0.327 e. The monoisotopic (exact) mass is 266 g/mol. The molecule has 0 atom stereocenters. The third kappa shape index (κ3) is 5.24. The molecule has 0 aliphatic heterocycles. The number of hydrogen-bond donors (Lipinski definition) is 0. The minimum Gasteiger partial charge on any atom is -0.309 e. The molecule has 1 aliphatic carbocycles. The summed E-state index contributed by atoms with van der Waals surface area (Å²) in [5.41, 5.74) is 0. The molecule has 96 valence electrons. The normalized spacial score (nSPS) is 18.9. The zero-order valence-corrected chi connectivity index (χ0v) is 12.0. The van der Waals surface area contributed by atoms with Crippen molar-refractivity contribution < 1.29 is 13.6 Å². The topological polar surface area (TPSA) is 27.7 Å². The van der Waals surface area contributed by atoms with E-state index in [0.29, 0.717) is 25.7 Å². The summed E-state index contributed by atoms with van der Waals surface area (Å²) in [5.74, 6) is 0.650. The van der Waals surface area contributed by atoms with Crippen molar-refractivity contribution in [2.24, 2.45) is 5.92 Å². The Bertz CT molecular complexity index is 219. The molecule has 1 saturated carbocycles. The third-order valence-corrected chi connectivity index (χ3v) is 5.33. The second-order valence-electron chi connectivity index (χ2n) is 4.08. The van der Waals surface area contributed by atoms with Crippen LogP contribution in [0.5, 0.6) is 0 Å². The first kappa shape index (κ1) is 14.6. The molecule has 3 nitrogen and oxygen atoms in total. The predicted molar refractivity (Wildman–Crippen MR) is 70.1 cm³/mol. The van der Waals surface area contributed by atoms with Crippen LogP contribution in [0.1, 0.15) is 46.0 Å². The lowest BCUT2D eigenvalue weighted by molar-refractivity contribution is 0.136. The van der Waals surface area contributed by atoms with Crippen LogP contribution < -0.4 is 0 Å². The highest BCUT2D eigenvalue weighted by Gasteiger charge is 2.22. The van der Waals surface area contributed by atoms with Crippen molar-refractivity contribution in [3.63, 3.8) is 0 Å². The minimum atomic E-state index is -2.45. The van der Waals surface area contributed by atoms with Gasteiger partial charge in [-0.25, -0.2) is 0 Å². The average molecular weight is 266 g/mol. The van der Waals surface area contributed by atoms with Crippen LogP contribution in [0.2, 0.25) is 0 Å². The van der Waals surface area contributed by atoms with Gasteiger partial charge in [0.25, 0.3) is 0 Å². The Balaban J connectivity index is 2.33. The van der Waals surface area contributed by atoms with E-state index in [9.17, 15) is 0 Å². The number of rotatable bonds is 7. The highest BCUT2D eigenvalue weighted by molar-refractivity contribution is 8.07. The van der Waals surface area contributed by atoms with Crippen LogP contribution in [0.25, 0.3) is 0 Å². The fourth-order valence-corrected chi connectivity index (χ4v) is 4.04. The molecule has 0 spiro atoms. The van der Waals surface area contributed by atoms with E-state index in [-0.39, 0.29) is 0 Å². The predicted octanol–water partition coefficient (Wildman–Crippen LogP) is 3.88. The van der Waals surface area contributed by atoms with Gasteiger partial charge in [-0.15, -0.1) is 0 Å². The summed E-state index contributed by atoms with van der Waals surface area (Å²) in [6, 6.07) is 0. The van der Waals surface area contributed by atoms with Gasteiger partial charge in [-0.2, -0.15) is 0 Å². The summed E-state index contributed by atoms with van der Waals surface area (Å²) in [6.07, 6.45) is 6.52. The van der Waals surface area contributed by atoms with Crippen molar-refractivity contribution in [1.82, 2.24) is 0 Å². The lowest BCUT2D eigenvalue weighted by atomic mass is 9.90. The SMILES string of the molecule is CCOP(=S)(OCC)OCC1CCCCC1. The van der Waals surface area contributed by atoms with Gasteiger partial charge in [0.2, 0.25) is 0 Å². The molecular formula is C11H23O3PS. The first-order valence-electron chi connectivity index (χ1n) is 6.24. The van der Waals surface area contributed by atoms with E-state index >= 15 is 0 Å². The van der Waals surface area contributed by atoms with Crippen LogP contribution in [-0.4, -0.2) is 19.8 Å². The molecule has 0 radical (unpaired) electrons. The van der Waals surface area contributed by atoms with E-state index in [2.05, 4.69) is 0 Å². The molecule has 0 amide bonds. The molecule has 0 heterocycles. The maximum atomic E-state index is 5.73. The standard InChI is InChI=1S/C11H23O3PS/c1-3-12-15(16,13-4-2)14-10-11-8-6-5-7-9-11/h11H,3-10H2,1-2H3. The summed E-state index contributed by atoms with van der Waals surface area (Å²) in [7, 11) is 0. The quantitative estimate of drug-likeness (QED) is 0.654. The van der Waals surface area contributed by atoms with E-state index in [0.717, 1.165) is 0 Å². The second kappa shape index (κ2) is 7.78. The van der Waals surface area contributed by atoms with E-state index < -0.39 is 6.72 Å². The molecule has 0 aromatic carbocycles. The first-order valence-corrected chi connectivity index (χ1v) is 8.79. The van der Waals surface area contributed by atoms with E-state index in [1.165, 1.54) is 32.1 Å². The zero-order valence-electron chi connectivity index (χ0n) is 10.3. The van der Waals surface area contributed by atoms with Gasteiger partial charge < -0.3 is 13.6 Å². The maximum absolute atomic E-state index is 5.73. The molecule has 1 fully saturated rings. The summed E-state index contributed by atoms with van der Waals surface area (Å²) in [5, 5.41) is 0. The molecule has 1 rings (SSSR count). The third-order valence-electron chi connectivity index (χ3n) is 2.77. The fraction of sp³-hybridized carbons (Fsp3) is 1.00. The molecule has 0 unspecified atom stereocenters.